The fourth-order valence-corrected chi connectivity index (χ4v) is 2.36. The Bertz CT molecular complexity index is 680. The van der Waals surface area contributed by atoms with Gasteiger partial charge in [0.05, 0.1) is 13.2 Å². The SMILES string of the molecule is CCOc1ccc(CN=C(N)Nc2cccc(CC)c2)cc1C. The molecule has 2 aromatic carbocycles. The molecule has 0 radical (unpaired) electrons. The third-order valence-electron chi connectivity index (χ3n) is 3.58. The van der Waals surface area contributed by atoms with Crippen LogP contribution >= 0.6 is 0 Å². The maximum Gasteiger partial charge on any atom is 0.193 e. The standard InChI is InChI=1S/C19H25N3O/c1-4-15-7-6-8-17(12-15)22-19(20)21-13-16-9-10-18(23-5-2)14(3)11-16/h6-12H,4-5,13H2,1-3H3,(H3,20,21,22). The minimum Gasteiger partial charge on any atom is -0.494 e. The first kappa shape index (κ1) is 16.9. The molecule has 0 aromatic heterocycles. The molecule has 3 N–H and O–H groups in total. The van der Waals surface area contributed by atoms with Crippen molar-refractivity contribution in [1.29, 1.82) is 0 Å². The predicted molar refractivity (Wildman–Crippen MR) is 97.1 cm³/mol. The van der Waals surface area contributed by atoms with E-state index in [0.29, 0.717) is 19.1 Å². The topological polar surface area (TPSA) is 59.6 Å². The van der Waals surface area contributed by atoms with Crippen LogP contribution in [0.3, 0.4) is 0 Å². The molecular formula is C19H25N3O. The second-order valence-electron chi connectivity index (χ2n) is 5.41. The minimum absolute atomic E-state index is 0.421. The zero-order chi connectivity index (χ0) is 16.7. The number of nitrogens with one attached hydrogen (secondary N) is 1. The van der Waals surface area contributed by atoms with Gasteiger partial charge >= 0.3 is 0 Å². The van der Waals surface area contributed by atoms with Gasteiger partial charge in [0.2, 0.25) is 0 Å². The summed E-state index contributed by atoms with van der Waals surface area (Å²) >= 11 is 0. The third-order valence-corrected chi connectivity index (χ3v) is 3.58. The summed E-state index contributed by atoms with van der Waals surface area (Å²) in [5.41, 5.74) is 10.4. The van der Waals surface area contributed by atoms with Crippen molar-refractivity contribution >= 4 is 11.6 Å². The highest BCUT2D eigenvalue weighted by atomic mass is 16.5. The van der Waals surface area contributed by atoms with Crippen molar-refractivity contribution in [3.8, 4) is 5.75 Å². The molecule has 4 heteroatoms. The average Bonchev–Trinajstić information content (AvgIpc) is 2.55. The molecule has 4 nitrogen and oxygen atoms in total. The molecule has 2 rings (SSSR count). The number of rotatable bonds is 6. The van der Waals surface area contributed by atoms with E-state index >= 15 is 0 Å². The van der Waals surface area contributed by atoms with Crippen molar-refractivity contribution in [2.45, 2.75) is 33.7 Å². The Balaban J connectivity index is 2.00. The number of nitrogens with two attached hydrogens (primary N) is 1. The number of ether oxygens (including phenoxy) is 1. The maximum atomic E-state index is 5.97. The van der Waals surface area contributed by atoms with Gasteiger partial charge in [-0.05, 0) is 55.2 Å². The first-order valence-electron chi connectivity index (χ1n) is 8.00. The molecule has 122 valence electrons. The molecule has 0 heterocycles. The lowest BCUT2D eigenvalue weighted by molar-refractivity contribution is 0.338. The van der Waals surface area contributed by atoms with E-state index in [9.17, 15) is 0 Å². The molecule has 2 aromatic rings. The van der Waals surface area contributed by atoms with Crippen molar-refractivity contribution in [1.82, 2.24) is 0 Å². The highest BCUT2D eigenvalue weighted by Crippen LogP contribution is 2.19. The average molecular weight is 311 g/mol. The highest BCUT2D eigenvalue weighted by molar-refractivity contribution is 5.92. The summed E-state index contributed by atoms with van der Waals surface area (Å²) in [6, 6.07) is 14.3. The monoisotopic (exact) mass is 311 g/mol. The van der Waals surface area contributed by atoms with Gasteiger partial charge in [0.25, 0.3) is 0 Å². The van der Waals surface area contributed by atoms with Gasteiger partial charge < -0.3 is 15.8 Å². The van der Waals surface area contributed by atoms with Crippen LogP contribution in [0, 0.1) is 6.92 Å². The number of benzene rings is 2. The van der Waals surface area contributed by atoms with Crippen molar-refractivity contribution in [2.24, 2.45) is 10.7 Å². The number of nitrogens with zero attached hydrogens (tertiary/aromatic N) is 1. The molecule has 0 aliphatic heterocycles. The lowest BCUT2D eigenvalue weighted by Gasteiger charge is -2.09. The molecule has 0 aliphatic carbocycles. The summed E-state index contributed by atoms with van der Waals surface area (Å²) in [6.45, 7) is 7.37. The van der Waals surface area contributed by atoms with E-state index in [2.05, 4.69) is 35.4 Å². The summed E-state index contributed by atoms with van der Waals surface area (Å²) in [6.07, 6.45) is 0.998. The lowest BCUT2D eigenvalue weighted by Crippen LogP contribution is -2.22. The van der Waals surface area contributed by atoms with Gasteiger partial charge in [0, 0.05) is 5.69 Å². The number of aryl methyl sites for hydroxylation is 2. The van der Waals surface area contributed by atoms with Crippen molar-refractivity contribution < 1.29 is 4.74 Å². The van der Waals surface area contributed by atoms with Gasteiger partial charge in [-0.25, -0.2) is 4.99 Å². The number of guanidine groups is 1. The minimum atomic E-state index is 0.421. The number of hydrogen-bond acceptors (Lipinski definition) is 2. The van der Waals surface area contributed by atoms with E-state index in [0.717, 1.165) is 29.0 Å². The van der Waals surface area contributed by atoms with Crippen LogP contribution in [-0.2, 0) is 13.0 Å². The van der Waals surface area contributed by atoms with Gasteiger partial charge in [0.1, 0.15) is 5.75 Å². The molecule has 23 heavy (non-hydrogen) atoms. The molecular weight excluding hydrogens is 286 g/mol. The summed E-state index contributed by atoms with van der Waals surface area (Å²) in [7, 11) is 0. The molecule has 0 unspecified atom stereocenters. The Morgan fingerprint density at radius 1 is 1.13 bits per heavy atom. The normalized spacial score (nSPS) is 11.3. The Labute approximate surface area is 138 Å². The van der Waals surface area contributed by atoms with E-state index in [1.807, 2.05) is 38.1 Å². The predicted octanol–water partition coefficient (Wildman–Crippen LogP) is 3.88. The molecule has 0 aliphatic rings. The van der Waals surface area contributed by atoms with Crippen LogP contribution in [0.5, 0.6) is 5.75 Å². The van der Waals surface area contributed by atoms with Crippen LogP contribution in [-0.4, -0.2) is 12.6 Å². The smallest absolute Gasteiger partial charge is 0.193 e. The van der Waals surface area contributed by atoms with Crippen LogP contribution in [0.4, 0.5) is 5.69 Å². The van der Waals surface area contributed by atoms with Gasteiger partial charge in [-0.2, -0.15) is 0 Å². The first-order valence-corrected chi connectivity index (χ1v) is 8.00. The molecule has 0 spiro atoms. The Kier molecular flexibility index (Phi) is 6.03. The molecule has 0 bridgehead atoms. The van der Waals surface area contributed by atoms with E-state index in [1.165, 1.54) is 5.56 Å². The van der Waals surface area contributed by atoms with Gasteiger partial charge in [-0.3, -0.25) is 0 Å². The second-order valence-corrected chi connectivity index (χ2v) is 5.41. The van der Waals surface area contributed by atoms with Crippen LogP contribution < -0.4 is 15.8 Å². The van der Waals surface area contributed by atoms with Crippen molar-refractivity contribution in [2.75, 3.05) is 11.9 Å². The summed E-state index contributed by atoms with van der Waals surface area (Å²) in [5.74, 6) is 1.34. The fraction of sp³-hybridized carbons (Fsp3) is 0.316. The number of hydrogen-bond donors (Lipinski definition) is 2. The maximum absolute atomic E-state index is 5.97. The largest absolute Gasteiger partial charge is 0.494 e. The molecule has 0 saturated carbocycles. The highest BCUT2D eigenvalue weighted by Gasteiger charge is 2.01. The van der Waals surface area contributed by atoms with Crippen LogP contribution in [0.1, 0.15) is 30.5 Å². The number of anilines is 1. The van der Waals surface area contributed by atoms with Crippen LogP contribution in [0.25, 0.3) is 0 Å². The third kappa shape index (κ3) is 5.02. The van der Waals surface area contributed by atoms with Gasteiger partial charge in [0.15, 0.2) is 5.96 Å². The van der Waals surface area contributed by atoms with Gasteiger partial charge in [-0.1, -0.05) is 31.2 Å². The first-order chi connectivity index (χ1) is 11.1. The summed E-state index contributed by atoms with van der Waals surface area (Å²) < 4.78 is 5.55. The van der Waals surface area contributed by atoms with Crippen LogP contribution in [0.15, 0.2) is 47.5 Å². The lowest BCUT2D eigenvalue weighted by atomic mass is 10.1. The Morgan fingerprint density at radius 3 is 2.65 bits per heavy atom. The second kappa shape index (κ2) is 8.22. The molecule has 0 saturated heterocycles. The Morgan fingerprint density at radius 2 is 1.96 bits per heavy atom. The summed E-state index contributed by atoms with van der Waals surface area (Å²) in [5, 5.41) is 3.14. The van der Waals surface area contributed by atoms with Crippen LogP contribution in [0.2, 0.25) is 0 Å². The van der Waals surface area contributed by atoms with E-state index in [4.69, 9.17) is 10.5 Å². The van der Waals surface area contributed by atoms with E-state index in [-0.39, 0.29) is 0 Å². The zero-order valence-electron chi connectivity index (χ0n) is 14.1. The van der Waals surface area contributed by atoms with E-state index < -0.39 is 0 Å². The molecule has 0 amide bonds. The summed E-state index contributed by atoms with van der Waals surface area (Å²) in [4.78, 5) is 4.40. The fourth-order valence-electron chi connectivity index (χ4n) is 2.36. The van der Waals surface area contributed by atoms with Crippen molar-refractivity contribution in [3.05, 3.63) is 59.2 Å². The zero-order valence-corrected chi connectivity index (χ0v) is 14.1. The van der Waals surface area contributed by atoms with E-state index in [1.54, 1.807) is 0 Å². The quantitative estimate of drug-likeness (QED) is 0.628. The number of aliphatic imine (C=N–C) groups is 1. The molecule has 0 atom stereocenters. The Hall–Kier alpha value is -2.49. The van der Waals surface area contributed by atoms with Crippen molar-refractivity contribution in [3.63, 3.8) is 0 Å². The van der Waals surface area contributed by atoms with Gasteiger partial charge in [-0.15, -0.1) is 0 Å². The molecule has 0 fully saturated rings.